The number of ether oxygens (including phenoxy) is 2. The van der Waals surface area contributed by atoms with Gasteiger partial charge in [-0.15, -0.1) is 0 Å². The first-order valence-corrected chi connectivity index (χ1v) is 10.7. The molecule has 0 N–H and O–H groups in total. The van der Waals surface area contributed by atoms with Crippen molar-refractivity contribution in [2.24, 2.45) is 0 Å². The Labute approximate surface area is 180 Å². The average molecular weight is 503 g/mol. The van der Waals surface area contributed by atoms with Crippen LogP contribution in [-0.2, 0) is 9.47 Å². The van der Waals surface area contributed by atoms with Gasteiger partial charge in [0.15, 0.2) is 0 Å². The van der Waals surface area contributed by atoms with Crippen LogP contribution in [0.2, 0.25) is 0 Å². The molecule has 0 unspecified atom stereocenters. The van der Waals surface area contributed by atoms with E-state index in [9.17, 15) is 9.59 Å². The summed E-state index contributed by atoms with van der Waals surface area (Å²) >= 11 is 2.13. The van der Waals surface area contributed by atoms with E-state index in [1.54, 1.807) is 17.2 Å². The van der Waals surface area contributed by atoms with Gasteiger partial charge in [-0.2, -0.15) is 0 Å². The number of nitrogens with zero attached hydrogens (tertiary/aromatic N) is 3. The lowest BCUT2D eigenvalue weighted by atomic mass is 10.2. The zero-order chi connectivity index (χ0) is 21.1. The summed E-state index contributed by atoms with van der Waals surface area (Å²) in [5, 5.41) is 0. The second-order valence-electron chi connectivity index (χ2n) is 8.10. The Morgan fingerprint density at radius 2 is 2.07 bits per heavy atom. The van der Waals surface area contributed by atoms with Crippen LogP contribution in [0.3, 0.4) is 0 Å². The van der Waals surface area contributed by atoms with E-state index in [-0.39, 0.29) is 24.2 Å². The topological polar surface area (TPSA) is 72.0 Å². The Bertz CT molecular complexity index is 718. The summed E-state index contributed by atoms with van der Waals surface area (Å²) in [5.74, 6) is 0.241. The molecule has 2 heterocycles. The number of carbonyl (C=O) groups is 2. The van der Waals surface area contributed by atoms with Crippen molar-refractivity contribution in [2.45, 2.75) is 65.7 Å². The summed E-state index contributed by atoms with van der Waals surface area (Å²) in [6, 6.07) is 1.81. The van der Waals surface area contributed by atoms with Crippen molar-refractivity contribution in [1.29, 1.82) is 0 Å². The fraction of sp³-hybridized carbons (Fsp3) is 0.650. The first-order chi connectivity index (χ1) is 13.0. The molecule has 1 aliphatic heterocycles. The fourth-order valence-corrected chi connectivity index (χ4v) is 3.80. The van der Waals surface area contributed by atoms with Gasteiger partial charge in [-0.25, -0.2) is 14.6 Å². The van der Waals surface area contributed by atoms with E-state index in [1.165, 1.54) is 0 Å². The van der Waals surface area contributed by atoms with E-state index in [4.69, 9.17) is 9.47 Å². The van der Waals surface area contributed by atoms with Crippen LogP contribution in [0, 0.1) is 3.57 Å². The van der Waals surface area contributed by atoms with Crippen molar-refractivity contribution in [3.05, 3.63) is 21.4 Å². The Morgan fingerprint density at radius 3 is 2.64 bits per heavy atom. The molecule has 0 radical (unpaired) electrons. The summed E-state index contributed by atoms with van der Waals surface area (Å²) in [6.07, 6.45) is 1.98. The fourth-order valence-electron chi connectivity index (χ4n) is 3.18. The molecule has 1 aromatic rings. The number of aromatic nitrogens is 1. The van der Waals surface area contributed by atoms with Gasteiger partial charge < -0.3 is 19.3 Å². The molecule has 1 atom stereocenters. The van der Waals surface area contributed by atoms with E-state index in [0.717, 1.165) is 9.99 Å². The van der Waals surface area contributed by atoms with Crippen LogP contribution in [0.25, 0.3) is 0 Å². The van der Waals surface area contributed by atoms with Gasteiger partial charge in [0.05, 0.1) is 12.1 Å². The Balaban J connectivity index is 2.20. The van der Waals surface area contributed by atoms with E-state index < -0.39 is 5.60 Å². The normalized spacial score (nSPS) is 17.0. The van der Waals surface area contributed by atoms with E-state index in [0.29, 0.717) is 31.0 Å². The molecule has 156 valence electrons. The van der Waals surface area contributed by atoms with Crippen molar-refractivity contribution >= 4 is 40.5 Å². The third-order valence-corrected chi connectivity index (χ3v) is 5.20. The Kier molecular flexibility index (Phi) is 7.52. The molecular weight excluding hydrogens is 473 g/mol. The largest absolute Gasteiger partial charge is 0.459 e. The third kappa shape index (κ3) is 5.71. The number of carbonyl (C=O) groups excluding carboxylic acids is 2. The van der Waals surface area contributed by atoms with Gasteiger partial charge in [0.25, 0.3) is 0 Å². The number of amides is 1. The predicted octanol–water partition coefficient (Wildman–Crippen LogP) is 4.09. The van der Waals surface area contributed by atoms with Crippen LogP contribution in [0.4, 0.5) is 10.6 Å². The van der Waals surface area contributed by atoms with Crippen LogP contribution in [0.15, 0.2) is 12.3 Å². The SMILES string of the molecule is CCN(C(=O)OC(C)(C)C)[C@@H]1CCN(c2nccc(I)c2C(=O)OC(C)C)C1. The van der Waals surface area contributed by atoms with E-state index >= 15 is 0 Å². The quantitative estimate of drug-likeness (QED) is 0.446. The Morgan fingerprint density at radius 1 is 1.39 bits per heavy atom. The molecule has 7 nitrogen and oxygen atoms in total. The molecule has 2 rings (SSSR count). The highest BCUT2D eigenvalue weighted by atomic mass is 127. The van der Waals surface area contributed by atoms with Crippen molar-refractivity contribution < 1.29 is 19.1 Å². The first kappa shape index (κ1) is 22.7. The van der Waals surface area contributed by atoms with Crippen molar-refractivity contribution in [3.63, 3.8) is 0 Å². The lowest BCUT2D eigenvalue weighted by molar-refractivity contribution is 0.0190. The van der Waals surface area contributed by atoms with Crippen LogP contribution < -0.4 is 4.90 Å². The summed E-state index contributed by atoms with van der Waals surface area (Å²) in [6.45, 7) is 13.1. The van der Waals surface area contributed by atoms with Crippen LogP contribution in [0.5, 0.6) is 0 Å². The maximum Gasteiger partial charge on any atom is 0.410 e. The zero-order valence-corrected chi connectivity index (χ0v) is 19.6. The van der Waals surface area contributed by atoms with Gasteiger partial charge in [-0.3, -0.25) is 0 Å². The molecule has 1 amide bonds. The number of pyridine rings is 1. The van der Waals surface area contributed by atoms with Gasteiger partial charge in [0.1, 0.15) is 17.0 Å². The van der Waals surface area contributed by atoms with Gasteiger partial charge in [0.2, 0.25) is 0 Å². The van der Waals surface area contributed by atoms with Gasteiger partial charge in [-0.1, -0.05) is 0 Å². The minimum absolute atomic E-state index is 0.00786. The molecule has 0 aromatic carbocycles. The molecule has 1 aliphatic rings. The molecular formula is C20H30IN3O4. The molecule has 8 heteroatoms. The molecule has 1 fully saturated rings. The standard InChI is InChI=1S/C20H30IN3O4/c1-7-24(19(26)28-20(4,5)6)14-9-11-23(12-14)17-16(15(21)8-10-22-17)18(25)27-13(2)3/h8,10,13-14H,7,9,11-12H2,1-6H3/t14-/m1/s1. The first-order valence-electron chi connectivity index (χ1n) is 9.63. The van der Waals surface area contributed by atoms with Crippen LogP contribution >= 0.6 is 22.6 Å². The average Bonchev–Trinajstić information content (AvgIpc) is 3.02. The highest BCUT2D eigenvalue weighted by molar-refractivity contribution is 14.1. The number of esters is 1. The highest BCUT2D eigenvalue weighted by Gasteiger charge is 2.35. The maximum absolute atomic E-state index is 12.6. The Hall–Kier alpha value is -1.58. The molecule has 0 spiro atoms. The minimum atomic E-state index is -0.534. The highest BCUT2D eigenvalue weighted by Crippen LogP contribution is 2.29. The van der Waals surface area contributed by atoms with Crippen molar-refractivity contribution in [1.82, 2.24) is 9.88 Å². The lowest BCUT2D eigenvalue weighted by Crippen LogP contribution is -2.44. The van der Waals surface area contributed by atoms with Gasteiger partial charge >= 0.3 is 12.1 Å². The lowest BCUT2D eigenvalue weighted by Gasteiger charge is -2.31. The molecule has 1 aromatic heterocycles. The number of likely N-dealkylation sites (N-methyl/N-ethyl adjacent to an activating group) is 1. The van der Waals surface area contributed by atoms with Gasteiger partial charge in [0, 0.05) is 29.4 Å². The number of hydrogen-bond acceptors (Lipinski definition) is 6. The monoisotopic (exact) mass is 503 g/mol. The summed E-state index contributed by atoms with van der Waals surface area (Å²) in [5.41, 5.74) is -0.0500. The number of halogens is 1. The minimum Gasteiger partial charge on any atom is -0.459 e. The molecule has 28 heavy (non-hydrogen) atoms. The number of rotatable bonds is 5. The molecule has 0 aliphatic carbocycles. The molecule has 0 bridgehead atoms. The maximum atomic E-state index is 12.6. The van der Waals surface area contributed by atoms with E-state index in [2.05, 4.69) is 32.5 Å². The second kappa shape index (κ2) is 9.28. The predicted molar refractivity (Wildman–Crippen MR) is 117 cm³/mol. The second-order valence-corrected chi connectivity index (χ2v) is 9.26. The summed E-state index contributed by atoms with van der Waals surface area (Å²) in [7, 11) is 0. The van der Waals surface area contributed by atoms with Gasteiger partial charge in [-0.05, 0) is 76.6 Å². The van der Waals surface area contributed by atoms with Crippen molar-refractivity contribution in [3.8, 4) is 0 Å². The van der Waals surface area contributed by atoms with Crippen LogP contribution in [0.1, 0.15) is 58.3 Å². The number of anilines is 1. The smallest absolute Gasteiger partial charge is 0.410 e. The van der Waals surface area contributed by atoms with Crippen LogP contribution in [-0.4, -0.2) is 59.3 Å². The molecule has 0 saturated carbocycles. The zero-order valence-electron chi connectivity index (χ0n) is 17.5. The third-order valence-electron chi connectivity index (χ3n) is 4.30. The summed E-state index contributed by atoms with van der Waals surface area (Å²) < 4.78 is 11.8. The van der Waals surface area contributed by atoms with Crippen molar-refractivity contribution in [2.75, 3.05) is 24.5 Å². The van der Waals surface area contributed by atoms with E-state index in [1.807, 2.05) is 41.5 Å². The summed E-state index contributed by atoms with van der Waals surface area (Å²) in [4.78, 5) is 33.4. The molecule has 1 saturated heterocycles. The number of hydrogen-bond donors (Lipinski definition) is 0.